The molecule has 1 unspecified atom stereocenters. The number of benzene rings is 1. The van der Waals surface area contributed by atoms with Gasteiger partial charge in [-0.15, -0.1) is 0 Å². The molecular formula is C15H12N2O2. The molecule has 2 aromatic rings. The fourth-order valence-electron chi connectivity index (χ4n) is 2.32. The van der Waals surface area contributed by atoms with Crippen LogP contribution in [0.2, 0.25) is 0 Å². The van der Waals surface area contributed by atoms with Gasteiger partial charge in [-0.2, -0.15) is 5.26 Å². The highest BCUT2D eigenvalue weighted by Gasteiger charge is 2.19. The van der Waals surface area contributed by atoms with Gasteiger partial charge in [-0.25, -0.2) is 0 Å². The van der Waals surface area contributed by atoms with Gasteiger partial charge < -0.3 is 9.72 Å². The third-order valence-electron chi connectivity index (χ3n) is 3.24. The number of aromatic nitrogens is 1. The molecule has 4 nitrogen and oxygen atoms in total. The molecule has 1 N–H and O–H groups in total. The Bertz CT molecular complexity index is 741. The van der Waals surface area contributed by atoms with E-state index in [2.05, 4.69) is 4.98 Å². The fourth-order valence-corrected chi connectivity index (χ4v) is 2.32. The monoisotopic (exact) mass is 252 g/mol. The van der Waals surface area contributed by atoms with Crippen LogP contribution in [0.15, 0.2) is 35.1 Å². The molecule has 0 bridgehead atoms. The second-order valence-corrected chi connectivity index (χ2v) is 4.68. The maximum Gasteiger partial charge on any atom is 0.266 e. The predicted molar refractivity (Wildman–Crippen MR) is 71.0 cm³/mol. The van der Waals surface area contributed by atoms with Gasteiger partial charge in [0, 0.05) is 12.1 Å². The molecule has 0 radical (unpaired) electrons. The van der Waals surface area contributed by atoms with E-state index in [1.54, 1.807) is 12.1 Å². The van der Waals surface area contributed by atoms with Crippen molar-refractivity contribution in [2.45, 2.75) is 19.4 Å². The van der Waals surface area contributed by atoms with Gasteiger partial charge in [-0.05, 0) is 48.4 Å². The van der Waals surface area contributed by atoms with Crippen LogP contribution >= 0.6 is 0 Å². The zero-order valence-corrected chi connectivity index (χ0v) is 10.4. The number of nitriles is 1. The Morgan fingerprint density at radius 1 is 1.37 bits per heavy atom. The smallest absolute Gasteiger partial charge is 0.266 e. The van der Waals surface area contributed by atoms with Crippen molar-refractivity contribution in [1.29, 1.82) is 5.26 Å². The van der Waals surface area contributed by atoms with Crippen molar-refractivity contribution in [2.24, 2.45) is 0 Å². The first-order valence-electron chi connectivity index (χ1n) is 6.11. The molecule has 19 heavy (non-hydrogen) atoms. The van der Waals surface area contributed by atoms with Gasteiger partial charge in [0.25, 0.3) is 5.56 Å². The summed E-state index contributed by atoms with van der Waals surface area (Å²) in [4.78, 5) is 14.4. The van der Waals surface area contributed by atoms with E-state index >= 15 is 0 Å². The lowest BCUT2D eigenvalue weighted by Gasteiger charge is -2.04. The van der Waals surface area contributed by atoms with Gasteiger partial charge in [0.15, 0.2) is 0 Å². The van der Waals surface area contributed by atoms with Crippen molar-refractivity contribution in [3.63, 3.8) is 0 Å². The van der Waals surface area contributed by atoms with Crippen molar-refractivity contribution in [3.8, 4) is 23.1 Å². The molecule has 2 heterocycles. The van der Waals surface area contributed by atoms with Crippen LogP contribution in [0.25, 0.3) is 11.3 Å². The van der Waals surface area contributed by atoms with E-state index in [0.29, 0.717) is 5.69 Å². The van der Waals surface area contributed by atoms with E-state index < -0.39 is 0 Å². The predicted octanol–water partition coefficient (Wildman–Crippen LogP) is 2.24. The molecule has 0 saturated heterocycles. The van der Waals surface area contributed by atoms with Crippen LogP contribution in [0, 0.1) is 11.3 Å². The summed E-state index contributed by atoms with van der Waals surface area (Å²) in [5.74, 6) is 0.909. The number of H-pyrrole nitrogens is 1. The minimum Gasteiger partial charge on any atom is -0.490 e. The zero-order chi connectivity index (χ0) is 13.4. The number of aromatic amines is 1. The SMILES string of the molecule is CC1Cc2cc(-c3ccc(C#N)c(=O)[nH]3)ccc2O1. The number of hydrogen-bond donors (Lipinski definition) is 1. The first-order chi connectivity index (χ1) is 9.17. The van der Waals surface area contributed by atoms with Crippen molar-refractivity contribution in [2.75, 3.05) is 0 Å². The number of pyridine rings is 1. The van der Waals surface area contributed by atoms with Crippen molar-refractivity contribution >= 4 is 0 Å². The van der Waals surface area contributed by atoms with Gasteiger partial charge in [-0.3, -0.25) is 4.79 Å². The number of fused-ring (bicyclic) bond motifs is 1. The van der Waals surface area contributed by atoms with Crippen molar-refractivity contribution in [1.82, 2.24) is 4.98 Å². The highest BCUT2D eigenvalue weighted by Crippen LogP contribution is 2.32. The Morgan fingerprint density at radius 3 is 2.95 bits per heavy atom. The average Bonchev–Trinajstić information content (AvgIpc) is 2.77. The third-order valence-corrected chi connectivity index (χ3v) is 3.24. The molecule has 0 saturated carbocycles. The molecule has 1 aliphatic rings. The molecule has 1 aromatic carbocycles. The van der Waals surface area contributed by atoms with E-state index in [1.807, 2.05) is 31.2 Å². The molecular weight excluding hydrogens is 240 g/mol. The summed E-state index contributed by atoms with van der Waals surface area (Å²) in [5.41, 5.74) is 2.56. The lowest BCUT2D eigenvalue weighted by molar-refractivity contribution is 0.254. The van der Waals surface area contributed by atoms with E-state index in [4.69, 9.17) is 10.00 Å². The van der Waals surface area contributed by atoms with E-state index in [0.717, 1.165) is 23.3 Å². The fraction of sp³-hybridized carbons (Fsp3) is 0.200. The third kappa shape index (κ3) is 2.00. The van der Waals surface area contributed by atoms with Crippen LogP contribution in [0.5, 0.6) is 5.75 Å². The molecule has 0 fully saturated rings. The van der Waals surface area contributed by atoms with Crippen LogP contribution < -0.4 is 10.3 Å². The lowest BCUT2D eigenvalue weighted by atomic mass is 10.0. The summed E-state index contributed by atoms with van der Waals surface area (Å²) >= 11 is 0. The molecule has 0 amide bonds. The minimum atomic E-state index is -0.356. The van der Waals surface area contributed by atoms with Crippen LogP contribution in [0.4, 0.5) is 0 Å². The first kappa shape index (κ1) is 11.5. The molecule has 0 spiro atoms. The first-order valence-corrected chi connectivity index (χ1v) is 6.11. The van der Waals surface area contributed by atoms with Crippen LogP contribution in [-0.4, -0.2) is 11.1 Å². The standard InChI is InChI=1S/C15H12N2O2/c1-9-6-12-7-10(3-5-14(12)19-9)13-4-2-11(8-16)15(18)17-13/h2-5,7,9H,6H2,1H3,(H,17,18). The summed E-state index contributed by atoms with van der Waals surface area (Å²) < 4.78 is 5.64. The summed E-state index contributed by atoms with van der Waals surface area (Å²) in [7, 11) is 0. The maximum atomic E-state index is 11.6. The van der Waals surface area contributed by atoms with Crippen LogP contribution in [0.3, 0.4) is 0 Å². The van der Waals surface area contributed by atoms with E-state index in [-0.39, 0.29) is 17.2 Å². The van der Waals surface area contributed by atoms with Gasteiger partial charge in [0.05, 0.1) is 0 Å². The second kappa shape index (κ2) is 4.29. The van der Waals surface area contributed by atoms with Crippen molar-refractivity contribution in [3.05, 3.63) is 51.8 Å². The number of nitrogens with one attached hydrogen (secondary N) is 1. The summed E-state index contributed by atoms with van der Waals surface area (Å²) in [5, 5.41) is 8.75. The van der Waals surface area contributed by atoms with Crippen molar-refractivity contribution < 1.29 is 4.74 Å². The second-order valence-electron chi connectivity index (χ2n) is 4.68. The Hall–Kier alpha value is -2.54. The number of hydrogen-bond acceptors (Lipinski definition) is 3. The normalized spacial score (nSPS) is 16.5. The van der Waals surface area contributed by atoms with Crippen LogP contribution in [-0.2, 0) is 6.42 Å². The minimum absolute atomic E-state index is 0.127. The lowest BCUT2D eigenvalue weighted by Crippen LogP contribution is -2.10. The Labute approximate surface area is 110 Å². The maximum absolute atomic E-state index is 11.6. The van der Waals surface area contributed by atoms with Gasteiger partial charge in [0.1, 0.15) is 23.5 Å². The largest absolute Gasteiger partial charge is 0.490 e. The summed E-state index contributed by atoms with van der Waals surface area (Å²) in [6.07, 6.45) is 1.08. The van der Waals surface area contributed by atoms with Gasteiger partial charge in [0.2, 0.25) is 0 Å². The highest BCUT2D eigenvalue weighted by molar-refractivity contribution is 5.63. The Morgan fingerprint density at radius 2 is 2.21 bits per heavy atom. The molecule has 0 aliphatic carbocycles. The quantitative estimate of drug-likeness (QED) is 0.846. The van der Waals surface area contributed by atoms with Crippen LogP contribution in [0.1, 0.15) is 18.1 Å². The Kier molecular flexibility index (Phi) is 2.60. The van der Waals surface area contributed by atoms with Gasteiger partial charge >= 0.3 is 0 Å². The molecule has 1 aliphatic heterocycles. The molecule has 1 atom stereocenters. The van der Waals surface area contributed by atoms with E-state index in [1.165, 1.54) is 0 Å². The molecule has 1 aromatic heterocycles. The van der Waals surface area contributed by atoms with E-state index in [9.17, 15) is 4.79 Å². The average molecular weight is 252 g/mol. The zero-order valence-electron chi connectivity index (χ0n) is 10.4. The Balaban J connectivity index is 2.05. The topological polar surface area (TPSA) is 65.9 Å². The number of nitrogens with zero attached hydrogens (tertiary/aromatic N) is 1. The highest BCUT2D eigenvalue weighted by atomic mass is 16.5. The number of rotatable bonds is 1. The van der Waals surface area contributed by atoms with Gasteiger partial charge in [-0.1, -0.05) is 0 Å². The molecule has 94 valence electrons. The molecule has 3 rings (SSSR count). The summed E-state index contributed by atoms with van der Waals surface area (Å²) in [6.45, 7) is 2.03. The molecule has 4 heteroatoms. The number of ether oxygens (including phenoxy) is 1. The summed E-state index contributed by atoms with van der Waals surface area (Å²) in [6, 6.07) is 11.0.